The summed E-state index contributed by atoms with van der Waals surface area (Å²) in [6.07, 6.45) is -4.68. The van der Waals surface area contributed by atoms with Crippen LogP contribution in [0.3, 0.4) is 0 Å². The number of aliphatic hydroxyl groups is 1. The third kappa shape index (κ3) is 3.83. The van der Waals surface area contributed by atoms with E-state index in [9.17, 15) is 21.6 Å². The second kappa shape index (κ2) is 5.43. The van der Waals surface area contributed by atoms with Gasteiger partial charge in [0.1, 0.15) is 10.8 Å². The van der Waals surface area contributed by atoms with Gasteiger partial charge in [0, 0.05) is 17.6 Å². The zero-order valence-corrected chi connectivity index (χ0v) is 10.6. The van der Waals surface area contributed by atoms with Gasteiger partial charge >= 0.3 is 6.18 Å². The standard InChI is InChI=1S/C8H11F3N2O3S2/c9-8(10,11)5-13(1-2-14)18(15,16)7-3-6(12)4-17-7/h3-4,14H,1-2,5,12H2. The molecule has 10 heteroatoms. The Morgan fingerprint density at radius 3 is 2.44 bits per heavy atom. The number of hydrogen-bond donors (Lipinski definition) is 2. The summed E-state index contributed by atoms with van der Waals surface area (Å²) in [6, 6.07) is 1.08. The van der Waals surface area contributed by atoms with Crippen molar-refractivity contribution in [2.24, 2.45) is 0 Å². The minimum absolute atomic E-state index is 0.162. The van der Waals surface area contributed by atoms with Crippen LogP contribution >= 0.6 is 11.3 Å². The smallest absolute Gasteiger partial charge is 0.398 e. The molecule has 0 fully saturated rings. The topological polar surface area (TPSA) is 83.6 Å². The summed E-state index contributed by atoms with van der Waals surface area (Å²) < 4.78 is 60.5. The number of anilines is 1. The Bertz CT molecular complexity index is 498. The van der Waals surface area contributed by atoms with Crippen LogP contribution in [0.4, 0.5) is 18.9 Å². The Morgan fingerprint density at radius 1 is 1.44 bits per heavy atom. The quantitative estimate of drug-likeness (QED) is 0.845. The predicted octanol–water partition coefficient (Wildman–Crippen LogP) is 0.876. The normalized spacial score (nSPS) is 13.2. The molecular weight excluding hydrogens is 293 g/mol. The van der Waals surface area contributed by atoms with Crippen molar-refractivity contribution in [1.82, 2.24) is 4.31 Å². The van der Waals surface area contributed by atoms with E-state index in [1.807, 2.05) is 0 Å². The Kier molecular flexibility index (Phi) is 4.59. The van der Waals surface area contributed by atoms with Crippen LogP contribution in [0.1, 0.15) is 0 Å². The second-order valence-electron chi connectivity index (χ2n) is 3.38. The fourth-order valence-corrected chi connectivity index (χ4v) is 3.84. The molecule has 0 aliphatic heterocycles. The summed E-state index contributed by atoms with van der Waals surface area (Å²) in [5, 5.41) is 9.97. The van der Waals surface area contributed by atoms with Crippen LogP contribution in [0.5, 0.6) is 0 Å². The molecule has 0 amide bonds. The number of nitrogen functional groups attached to an aromatic ring is 1. The molecule has 3 N–H and O–H groups in total. The summed E-state index contributed by atoms with van der Waals surface area (Å²) >= 11 is 0.733. The van der Waals surface area contributed by atoms with Crippen molar-refractivity contribution in [2.45, 2.75) is 10.4 Å². The van der Waals surface area contributed by atoms with Crippen LogP contribution < -0.4 is 5.73 Å². The molecule has 0 saturated carbocycles. The lowest BCUT2D eigenvalue weighted by molar-refractivity contribution is -0.136. The van der Waals surface area contributed by atoms with Gasteiger partial charge in [-0.05, 0) is 6.07 Å². The number of nitrogens with zero attached hydrogens (tertiary/aromatic N) is 1. The lowest BCUT2D eigenvalue weighted by Gasteiger charge is -2.21. The Morgan fingerprint density at radius 2 is 2.06 bits per heavy atom. The van der Waals surface area contributed by atoms with Crippen LogP contribution in [0.2, 0.25) is 0 Å². The first-order chi connectivity index (χ1) is 8.16. The van der Waals surface area contributed by atoms with Crippen LogP contribution in [-0.2, 0) is 10.0 Å². The van der Waals surface area contributed by atoms with Gasteiger partial charge in [0.2, 0.25) is 0 Å². The summed E-state index contributed by atoms with van der Waals surface area (Å²) in [6.45, 7) is -2.97. The lowest BCUT2D eigenvalue weighted by Crippen LogP contribution is -2.40. The van der Waals surface area contributed by atoms with Gasteiger partial charge < -0.3 is 10.8 Å². The van der Waals surface area contributed by atoms with Gasteiger partial charge in [0.25, 0.3) is 10.0 Å². The van der Waals surface area contributed by atoms with E-state index in [0.29, 0.717) is 0 Å². The SMILES string of the molecule is Nc1csc(S(=O)(=O)N(CCO)CC(F)(F)F)c1. The lowest BCUT2D eigenvalue weighted by atomic mass is 10.6. The van der Waals surface area contributed by atoms with Crippen molar-refractivity contribution in [1.29, 1.82) is 0 Å². The van der Waals surface area contributed by atoms with E-state index in [0.717, 1.165) is 17.4 Å². The molecule has 0 aromatic carbocycles. The van der Waals surface area contributed by atoms with E-state index in [4.69, 9.17) is 10.8 Å². The van der Waals surface area contributed by atoms with Crippen LogP contribution in [0, 0.1) is 0 Å². The van der Waals surface area contributed by atoms with Crippen molar-refractivity contribution >= 4 is 27.0 Å². The minimum atomic E-state index is -4.68. The highest BCUT2D eigenvalue weighted by Crippen LogP contribution is 2.27. The average molecular weight is 304 g/mol. The number of nitrogens with two attached hydrogens (primary N) is 1. The van der Waals surface area contributed by atoms with Crippen molar-refractivity contribution in [2.75, 3.05) is 25.4 Å². The molecule has 0 radical (unpaired) electrons. The van der Waals surface area contributed by atoms with Gasteiger partial charge in [-0.25, -0.2) is 8.42 Å². The molecule has 0 aliphatic rings. The highest BCUT2D eigenvalue weighted by Gasteiger charge is 2.37. The fraction of sp³-hybridized carbons (Fsp3) is 0.500. The molecule has 0 bridgehead atoms. The maximum atomic E-state index is 12.3. The first-order valence-electron chi connectivity index (χ1n) is 4.68. The molecule has 18 heavy (non-hydrogen) atoms. The number of thiophene rings is 1. The van der Waals surface area contributed by atoms with Gasteiger partial charge in [-0.3, -0.25) is 0 Å². The molecule has 104 valence electrons. The molecule has 0 saturated heterocycles. The largest absolute Gasteiger partial charge is 0.402 e. The molecule has 1 aromatic rings. The van der Waals surface area contributed by atoms with Gasteiger partial charge in [0.15, 0.2) is 0 Å². The van der Waals surface area contributed by atoms with E-state index in [-0.39, 0.29) is 14.2 Å². The maximum absolute atomic E-state index is 12.3. The third-order valence-electron chi connectivity index (χ3n) is 1.89. The Hall–Kier alpha value is -0.840. The third-order valence-corrected chi connectivity index (χ3v) is 5.17. The van der Waals surface area contributed by atoms with Gasteiger partial charge in [-0.1, -0.05) is 0 Å². The highest BCUT2D eigenvalue weighted by molar-refractivity contribution is 7.91. The summed E-state index contributed by atoms with van der Waals surface area (Å²) in [5.41, 5.74) is 5.49. The summed E-state index contributed by atoms with van der Waals surface area (Å²) in [5.74, 6) is 0. The summed E-state index contributed by atoms with van der Waals surface area (Å²) in [4.78, 5) is 0. The Balaban J connectivity index is 3.04. The minimum Gasteiger partial charge on any atom is -0.398 e. The molecule has 5 nitrogen and oxygen atoms in total. The van der Waals surface area contributed by atoms with Crippen LogP contribution in [-0.4, -0.2) is 43.7 Å². The van der Waals surface area contributed by atoms with E-state index in [1.54, 1.807) is 0 Å². The number of halogens is 3. The van der Waals surface area contributed by atoms with Gasteiger partial charge in [0.05, 0.1) is 6.61 Å². The molecular formula is C8H11F3N2O3S2. The van der Waals surface area contributed by atoms with E-state index in [2.05, 4.69) is 0 Å². The predicted molar refractivity (Wildman–Crippen MR) is 60.6 cm³/mol. The van der Waals surface area contributed by atoms with Crippen LogP contribution in [0.25, 0.3) is 0 Å². The number of hydrogen-bond acceptors (Lipinski definition) is 5. The van der Waals surface area contributed by atoms with Crippen molar-refractivity contribution in [3.8, 4) is 0 Å². The number of rotatable bonds is 5. The monoisotopic (exact) mass is 304 g/mol. The zero-order valence-electron chi connectivity index (χ0n) is 9.01. The molecule has 0 unspecified atom stereocenters. The molecule has 1 heterocycles. The molecule has 0 spiro atoms. The molecule has 0 aliphatic carbocycles. The molecule has 1 aromatic heterocycles. The van der Waals surface area contributed by atoms with Crippen molar-refractivity contribution < 1.29 is 26.7 Å². The van der Waals surface area contributed by atoms with Crippen molar-refractivity contribution in [3.05, 3.63) is 11.4 Å². The average Bonchev–Trinajstić information content (AvgIpc) is 2.63. The first-order valence-corrected chi connectivity index (χ1v) is 7.00. The Labute approximate surface area is 106 Å². The van der Waals surface area contributed by atoms with Crippen LogP contribution in [0.15, 0.2) is 15.7 Å². The van der Waals surface area contributed by atoms with E-state index >= 15 is 0 Å². The fourth-order valence-electron chi connectivity index (χ4n) is 1.19. The number of sulfonamides is 1. The first kappa shape index (κ1) is 15.2. The van der Waals surface area contributed by atoms with Gasteiger partial charge in [-0.2, -0.15) is 17.5 Å². The van der Waals surface area contributed by atoms with E-state index in [1.165, 1.54) is 5.38 Å². The number of alkyl halides is 3. The second-order valence-corrected chi connectivity index (χ2v) is 6.45. The summed E-state index contributed by atoms with van der Waals surface area (Å²) in [7, 11) is -4.28. The van der Waals surface area contributed by atoms with E-state index < -0.39 is 35.9 Å². The molecule has 0 atom stereocenters. The van der Waals surface area contributed by atoms with Crippen molar-refractivity contribution in [3.63, 3.8) is 0 Å². The molecule has 1 rings (SSSR count). The number of aliphatic hydroxyl groups excluding tert-OH is 1. The zero-order chi connectivity index (χ0) is 14.0. The maximum Gasteiger partial charge on any atom is 0.402 e. The van der Waals surface area contributed by atoms with Gasteiger partial charge in [-0.15, -0.1) is 11.3 Å². The highest BCUT2D eigenvalue weighted by atomic mass is 32.2.